The molecular weight excluding hydrogens is 258 g/mol. The van der Waals surface area contributed by atoms with Gasteiger partial charge in [-0.05, 0) is 32.3 Å². The summed E-state index contributed by atoms with van der Waals surface area (Å²) in [7, 11) is 0. The molecule has 2 fully saturated rings. The van der Waals surface area contributed by atoms with Crippen molar-refractivity contribution in [2.24, 2.45) is 0 Å². The van der Waals surface area contributed by atoms with Crippen molar-refractivity contribution in [3.63, 3.8) is 0 Å². The Balaban J connectivity index is 1.77. The second kappa shape index (κ2) is 4.92. The maximum Gasteiger partial charge on any atom is 0.306 e. The zero-order valence-electron chi connectivity index (χ0n) is 11.7. The van der Waals surface area contributed by atoms with E-state index in [0.717, 1.165) is 19.3 Å². The number of carbonyl (C=O) groups excluding carboxylic acids is 2. The van der Waals surface area contributed by atoms with Gasteiger partial charge in [0.1, 0.15) is 11.3 Å². The zero-order valence-corrected chi connectivity index (χ0v) is 11.7. The number of rotatable bonds is 2. The second-order valence-corrected chi connectivity index (χ2v) is 5.52. The maximum atomic E-state index is 12.6. The molecule has 6 nitrogen and oxygen atoms in total. The van der Waals surface area contributed by atoms with Crippen molar-refractivity contribution in [1.29, 1.82) is 0 Å². The average Bonchev–Trinajstić information content (AvgIpc) is 3.05. The molecule has 0 N–H and O–H groups in total. The van der Waals surface area contributed by atoms with Crippen molar-refractivity contribution in [1.82, 2.24) is 14.7 Å². The lowest BCUT2D eigenvalue weighted by Crippen LogP contribution is -2.50. The number of esters is 1. The van der Waals surface area contributed by atoms with Crippen molar-refractivity contribution < 1.29 is 14.3 Å². The van der Waals surface area contributed by atoms with Gasteiger partial charge in [0.25, 0.3) is 5.91 Å². The summed E-state index contributed by atoms with van der Waals surface area (Å²) in [5, 5.41) is 4.14. The van der Waals surface area contributed by atoms with Crippen LogP contribution in [0, 0.1) is 0 Å². The second-order valence-electron chi connectivity index (χ2n) is 5.52. The molecule has 3 heterocycles. The molecule has 1 atom stereocenters. The van der Waals surface area contributed by atoms with E-state index in [9.17, 15) is 9.59 Å². The number of aromatic nitrogens is 2. The first-order valence-electron chi connectivity index (χ1n) is 7.16. The van der Waals surface area contributed by atoms with Gasteiger partial charge in [0.15, 0.2) is 0 Å². The van der Waals surface area contributed by atoms with Crippen LogP contribution in [0.15, 0.2) is 12.3 Å². The number of hydrogen-bond acceptors (Lipinski definition) is 4. The molecule has 3 rings (SSSR count). The Morgan fingerprint density at radius 3 is 3.05 bits per heavy atom. The Morgan fingerprint density at radius 1 is 1.50 bits per heavy atom. The van der Waals surface area contributed by atoms with Gasteiger partial charge in [0, 0.05) is 25.7 Å². The van der Waals surface area contributed by atoms with Gasteiger partial charge in [-0.15, -0.1) is 0 Å². The summed E-state index contributed by atoms with van der Waals surface area (Å²) in [6, 6.07) is 1.74. The first-order chi connectivity index (χ1) is 9.63. The maximum absolute atomic E-state index is 12.6. The lowest BCUT2D eigenvalue weighted by Gasteiger charge is -2.38. The lowest BCUT2D eigenvalue weighted by atomic mass is 9.90. The summed E-state index contributed by atoms with van der Waals surface area (Å²) in [4.78, 5) is 25.8. The van der Waals surface area contributed by atoms with E-state index in [-0.39, 0.29) is 11.9 Å². The van der Waals surface area contributed by atoms with Gasteiger partial charge in [-0.25, -0.2) is 0 Å². The van der Waals surface area contributed by atoms with Gasteiger partial charge in [-0.1, -0.05) is 0 Å². The van der Waals surface area contributed by atoms with Crippen LogP contribution in [-0.4, -0.2) is 45.2 Å². The summed E-state index contributed by atoms with van der Waals surface area (Å²) in [5.41, 5.74) is 0.163. The van der Waals surface area contributed by atoms with E-state index in [1.807, 2.05) is 6.92 Å². The molecule has 0 aromatic carbocycles. The molecule has 1 aromatic heterocycles. The zero-order chi connectivity index (χ0) is 14.2. The summed E-state index contributed by atoms with van der Waals surface area (Å²) in [6.45, 7) is 3.85. The highest BCUT2D eigenvalue weighted by Gasteiger charge is 2.44. The normalized spacial score (nSPS) is 26.1. The van der Waals surface area contributed by atoms with E-state index in [1.165, 1.54) is 0 Å². The molecule has 108 valence electrons. The highest BCUT2D eigenvalue weighted by molar-refractivity contribution is 5.92. The Kier molecular flexibility index (Phi) is 3.23. The first kappa shape index (κ1) is 13.1. The van der Waals surface area contributed by atoms with E-state index in [2.05, 4.69) is 5.10 Å². The van der Waals surface area contributed by atoms with E-state index in [1.54, 1.807) is 21.8 Å². The molecule has 1 spiro atoms. The largest absolute Gasteiger partial charge is 0.457 e. The van der Waals surface area contributed by atoms with Crippen LogP contribution in [0.3, 0.4) is 0 Å². The van der Waals surface area contributed by atoms with Crippen LogP contribution in [0.25, 0.3) is 0 Å². The van der Waals surface area contributed by atoms with Gasteiger partial charge < -0.3 is 9.64 Å². The van der Waals surface area contributed by atoms with E-state index in [0.29, 0.717) is 31.7 Å². The molecule has 20 heavy (non-hydrogen) atoms. The van der Waals surface area contributed by atoms with E-state index >= 15 is 0 Å². The first-order valence-corrected chi connectivity index (χ1v) is 7.16. The summed E-state index contributed by atoms with van der Waals surface area (Å²) >= 11 is 0. The number of carbonyl (C=O) groups is 2. The van der Waals surface area contributed by atoms with Crippen LogP contribution in [-0.2, 0) is 16.1 Å². The number of nitrogens with zero attached hydrogens (tertiary/aromatic N) is 3. The Morgan fingerprint density at radius 2 is 2.35 bits per heavy atom. The molecule has 1 aromatic rings. The molecule has 0 aliphatic carbocycles. The fraction of sp³-hybridized carbons (Fsp3) is 0.643. The van der Waals surface area contributed by atoms with Crippen LogP contribution in [0.2, 0.25) is 0 Å². The molecule has 2 aliphatic heterocycles. The predicted molar refractivity (Wildman–Crippen MR) is 71.1 cm³/mol. The molecule has 1 amide bonds. The number of hydrogen-bond donors (Lipinski definition) is 0. The van der Waals surface area contributed by atoms with Gasteiger partial charge in [0.2, 0.25) is 0 Å². The van der Waals surface area contributed by atoms with E-state index in [4.69, 9.17) is 4.74 Å². The Hall–Kier alpha value is -1.85. The van der Waals surface area contributed by atoms with Crippen LogP contribution in [0.4, 0.5) is 0 Å². The number of likely N-dealkylation sites (tertiary alicyclic amines) is 1. The summed E-state index contributed by atoms with van der Waals surface area (Å²) in [5.74, 6) is -0.163. The molecule has 0 saturated carbocycles. The molecule has 0 unspecified atom stereocenters. The molecule has 6 heteroatoms. The van der Waals surface area contributed by atoms with Gasteiger partial charge >= 0.3 is 5.97 Å². The third-order valence-electron chi connectivity index (χ3n) is 4.18. The molecule has 0 radical (unpaired) electrons. The van der Waals surface area contributed by atoms with Crippen LogP contribution >= 0.6 is 0 Å². The predicted octanol–water partition coefficient (Wildman–Crippen LogP) is 1.21. The summed E-state index contributed by atoms with van der Waals surface area (Å²) in [6.07, 6.45) is 4.57. The van der Waals surface area contributed by atoms with Gasteiger partial charge in [0.05, 0.1) is 6.54 Å². The van der Waals surface area contributed by atoms with Crippen molar-refractivity contribution >= 4 is 11.9 Å². The van der Waals surface area contributed by atoms with Crippen molar-refractivity contribution in [3.8, 4) is 0 Å². The van der Waals surface area contributed by atoms with Crippen molar-refractivity contribution in [2.75, 3.05) is 13.1 Å². The minimum absolute atomic E-state index is 0.0219. The van der Waals surface area contributed by atoms with Crippen LogP contribution in [0.5, 0.6) is 0 Å². The molecule has 2 aliphatic rings. The van der Waals surface area contributed by atoms with Crippen molar-refractivity contribution in [2.45, 2.75) is 44.8 Å². The minimum atomic E-state index is -0.442. The standard InChI is InChI=1S/C14H19N3O3/c1-2-17-11(5-8-15-17)13(19)16-9-3-6-14(10-16)7-4-12(18)20-14/h5,8H,2-4,6-7,9-10H2,1H3/t14-/m0/s1. The van der Waals surface area contributed by atoms with Gasteiger partial charge in [-0.3, -0.25) is 14.3 Å². The quantitative estimate of drug-likeness (QED) is 0.762. The van der Waals surface area contributed by atoms with Gasteiger partial charge in [-0.2, -0.15) is 5.10 Å². The topological polar surface area (TPSA) is 64.4 Å². The number of piperidine rings is 1. The minimum Gasteiger partial charge on any atom is -0.457 e. The van der Waals surface area contributed by atoms with Crippen LogP contribution < -0.4 is 0 Å². The molecule has 2 saturated heterocycles. The smallest absolute Gasteiger partial charge is 0.306 e. The molecule has 0 bridgehead atoms. The fourth-order valence-corrected chi connectivity index (χ4v) is 3.16. The SMILES string of the molecule is CCn1nccc1C(=O)N1CCC[C@]2(CCC(=O)O2)C1. The van der Waals surface area contributed by atoms with E-state index < -0.39 is 5.60 Å². The lowest BCUT2D eigenvalue weighted by molar-refractivity contribution is -0.151. The molecular formula is C14H19N3O3. The number of amides is 1. The average molecular weight is 277 g/mol. The fourth-order valence-electron chi connectivity index (χ4n) is 3.16. The highest BCUT2D eigenvalue weighted by Crippen LogP contribution is 2.35. The third kappa shape index (κ3) is 2.19. The van der Waals surface area contributed by atoms with Crippen molar-refractivity contribution in [3.05, 3.63) is 18.0 Å². The summed E-state index contributed by atoms with van der Waals surface area (Å²) < 4.78 is 7.19. The number of aryl methyl sites for hydroxylation is 1. The Labute approximate surface area is 117 Å². The highest BCUT2D eigenvalue weighted by atomic mass is 16.6. The Bertz CT molecular complexity index is 540. The van der Waals surface area contributed by atoms with Crippen LogP contribution in [0.1, 0.15) is 43.1 Å². The third-order valence-corrected chi connectivity index (χ3v) is 4.18. The number of ether oxygens (including phenoxy) is 1. The monoisotopic (exact) mass is 277 g/mol.